The number of hydrogen-bond donors (Lipinski definition) is 0. The summed E-state index contributed by atoms with van der Waals surface area (Å²) >= 11 is 0. The van der Waals surface area contributed by atoms with Gasteiger partial charge >= 0.3 is 0 Å². The number of pyridine rings is 1. The second kappa shape index (κ2) is 6.92. The minimum atomic E-state index is -0.362. The molecule has 9 heteroatoms. The van der Waals surface area contributed by atoms with Crippen molar-refractivity contribution in [3.8, 4) is 11.9 Å². The topological polar surface area (TPSA) is 110 Å². The summed E-state index contributed by atoms with van der Waals surface area (Å²) in [7, 11) is 0. The Balaban J connectivity index is 1.58. The zero-order chi connectivity index (χ0) is 18.8. The molecule has 0 fully saturated rings. The Hall–Kier alpha value is -3.67. The van der Waals surface area contributed by atoms with Gasteiger partial charge in [-0.25, -0.2) is 4.98 Å². The Morgan fingerprint density at radius 1 is 1.37 bits per heavy atom. The number of aromatic nitrogens is 4. The van der Waals surface area contributed by atoms with Crippen LogP contribution in [0.25, 0.3) is 0 Å². The van der Waals surface area contributed by atoms with E-state index in [-0.39, 0.29) is 17.8 Å². The highest BCUT2D eigenvalue weighted by Gasteiger charge is 2.29. The van der Waals surface area contributed by atoms with E-state index in [1.165, 1.54) is 6.20 Å². The Labute approximate surface area is 154 Å². The minimum Gasteiger partial charge on any atom is -0.470 e. The van der Waals surface area contributed by atoms with Crippen molar-refractivity contribution in [2.75, 3.05) is 6.54 Å². The van der Waals surface area contributed by atoms with Gasteiger partial charge in [0.05, 0.1) is 36.6 Å². The van der Waals surface area contributed by atoms with Gasteiger partial charge in [0.1, 0.15) is 12.2 Å². The average molecular weight is 364 g/mol. The molecule has 27 heavy (non-hydrogen) atoms. The van der Waals surface area contributed by atoms with Crippen LogP contribution in [-0.4, -0.2) is 43.4 Å². The van der Waals surface area contributed by atoms with Gasteiger partial charge < -0.3 is 14.2 Å². The first-order chi connectivity index (χ1) is 13.1. The molecule has 1 atom stereocenters. The Morgan fingerprint density at radius 3 is 2.96 bits per heavy atom. The number of carbonyl (C=O) groups is 1. The number of nitrogens with zero attached hydrogens (tertiary/aromatic N) is 6. The molecule has 3 aromatic heterocycles. The van der Waals surface area contributed by atoms with Crippen molar-refractivity contribution in [1.29, 1.82) is 5.26 Å². The normalized spacial score (nSPS) is 16.3. The number of hydrogen-bond acceptors (Lipinski definition) is 7. The summed E-state index contributed by atoms with van der Waals surface area (Å²) in [5.41, 5.74) is 2.00. The number of aryl methyl sites for hydroxylation is 1. The summed E-state index contributed by atoms with van der Waals surface area (Å²) in [5.74, 6) is 0.319. The van der Waals surface area contributed by atoms with Crippen molar-refractivity contribution in [3.63, 3.8) is 0 Å². The van der Waals surface area contributed by atoms with E-state index >= 15 is 0 Å². The number of rotatable bonds is 3. The Morgan fingerprint density at radius 2 is 2.26 bits per heavy atom. The van der Waals surface area contributed by atoms with Crippen LogP contribution in [0.3, 0.4) is 0 Å². The number of fused-ring (bicyclic) bond motifs is 1. The van der Waals surface area contributed by atoms with Gasteiger partial charge in [0.25, 0.3) is 5.91 Å². The summed E-state index contributed by atoms with van der Waals surface area (Å²) in [5, 5.41) is 17.0. The van der Waals surface area contributed by atoms with Gasteiger partial charge in [-0.15, -0.1) is 0 Å². The van der Waals surface area contributed by atoms with Gasteiger partial charge in [-0.3, -0.25) is 9.48 Å². The van der Waals surface area contributed by atoms with Gasteiger partial charge in [0, 0.05) is 24.5 Å². The fourth-order valence-electron chi connectivity index (χ4n) is 2.95. The monoisotopic (exact) mass is 364 g/mol. The van der Waals surface area contributed by atoms with Crippen LogP contribution in [-0.2, 0) is 13.1 Å². The third-order valence-corrected chi connectivity index (χ3v) is 4.24. The fraction of sp³-hybridized carbons (Fsp3) is 0.278. The van der Waals surface area contributed by atoms with Crippen LogP contribution >= 0.6 is 0 Å². The van der Waals surface area contributed by atoms with E-state index in [1.807, 2.05) is 16.8 Å². The lowest BCUT2D eigenvalue weighted by atomic mass is 10.2. The van der Waals surface area contributed by atoms with E-state index in [1.54, 1.807) is 36.2 Å². The predicted octanol–water partition coefficient (Wildman–Crippen LogP) is 1.55. The van der Waals surface area contributed by atoms with E-state index in [0.717, 1.165) is 5.69 Å². The Kier molecular flexibility index (Phi) is 4.30. The van der Waals surface area contributed by atoms with Crippen molar-refractivity contribution in [2.45, 2.75) is 26.1 Å². The van der Waals surface area contributed by atoms with Crippen LogP contribution in [0, 0.1) is 18.3 Å². The first-order valence-corrected chi connectivity index (χ1v) is 8.38. The molecule has 0 saturated carbocycles. The molecule has 0 unspecified atom stereocenters. The molecule has 9 nitrogen and oxygen atoms in total. The quantitative estimate of drug-likeness (QED) is 0.693. The molecular weight excluding hydrogens is 348 g/mol. The van der Waals surface area contributed by atoms with Crippen molar-refractivity contribution >= 4 is 5.91 Å². The van der Waals surface area contributed by atoms with Gasteiger partial charge in [-0.1, -0.05) is 5.16 Å². The van der Waals surface area contributed by atoms with Crippen molar-refractivity contribution in [1.82, 2.24) is 24.8 Å². The smallest absolute Gasteiger partial charge is 0.292 e. The fourth-order valence-corrected chi connectivity index (χ4v) is 2.95. The largest absolute Gasteiger partial charge is 0.470 e. The van der Waals surface area contributed by atoms with Gasteiger partial charge in [-0.05, 0) is 19.1 Å². The highest BCUT2D eigenvalue weighted by atomic mass is 16.5. The number of nitriles is 1. The highest BCUT2D eigenvalue weighted by Crippen LogP contribution is 2.19. The molecule has 0 spiro atoms. The summed E-state index contributed by atoms with van der Waals surface area (Å²) < 4.78 is 12.9. The zero-order valence-corrected chi connectivity index (χ0v) is 14.6. The lowest BCUT2D eigenvalue weighted by molar-refractivity contribution is 0.0605. The Bertz CT molecular complexity index is 1000. The van der Waals surface area contributed by atoms with E-state index in [9.17, 15) is 4.79 Å². The lowest BCUT2D eigenvalue weighted by Crippen LogP contribution is -2.38. The summed E-state index contributed by atoms with van der Waals surface area (Å²) in [6.45, 7) is 2.96. The third kappa shape index (κ3) is 3.50. The molecular formula is C18H16N6O3. The van der Waals surface area contributed by atoms with Crippen LogP contribution < -0.4 is 4.74 Å². The first-order valence-electron chi connectivity index (χ1n) is 8.38. The number of ether oxygens (including phenoxy) is 1. The van der Waals surface area contributed by atoms with Crippen LogP contribution in [0.4, 0.5) is 0 Å². The van der Waals surface area contributed by atoms with Crippen molar-refractivity contribution in [2.24, 2.45) is 0 Å². The van der Waals surface area contributed by atoms with Crippen LogP contribution in [0.1, 0.15) is 27.5 Å². The number of amides is 1. The van der Waals surface area contributed by atoms with E-state index in [4.69, 9.17) is 14.5 Å². The molecule has 0 N–H and O–H groups in total. The summed E-state index contributed by atoms with van der Waals surface area (Å²) in [6.07, 6.45) is 2.78. The molecule has 0 radical (unpaired) electrons. The van der Waals surface area contributed by atoms with Crippen molar-refractivity contribution in [3.05, 3.63) is 59.4 Å². The molecule has 4 rings (SSSR count). The summed E-state index contributed by atoms with van der Waals surface area (Å²) in [6, 6.07) is 8.78. The van der Waals surface area contributed by atoms with Crippen LogP contribution in [0.2, 0.25) is 0 Å². The van der Waals surface area contributed by atoms with Crippen LogP contribution in [0.15, 0.2) is 41.2 Å². The maximum atomic E-state index is 12.8. The standard InChI is InChI=1S/C18H16N6O3/c1-12-6-16(27-22-12)18(25)23-9-14-4-5-21-24(14)11-15(10-23)26-17-3-2-13(7-19)8-20-17/h2-6,8,15H,9-11H2,1H3/t15-/m1/s1. The van der Waals surface area contributed by atoms with E-state index in [2.05, 4.69) is 15.2 Å². The van der Waals surface area contributed by atoms with Crippen LogP contribution in [0.5, 0.6) is 5.88 Å². The second-order valence-electron chi connectivity index (χ2n) is 6.26. The maximum Gasteiger partial charge on any atom is 0.292 e. The average Bonchev–Trinajstić information content (AvgIpc) is 3.26. The molecule has 1 aliphatic heterocycles. The number of carbonyl (C=O) groups excluding carboxylic acids is 1. The van der Waals surface area contributed by atoms with Gasteiger partial charge in [0.15, 0.2) is 0 Å². The predicted molar refractivity (Wildman–Crippen MR) is 91.6 cm³/mol. The lowest BCUT2D eigenvalue weighted by Gasteiger charge is -2.23. The second-order valence-corrected chi connectivity index (χ2v) is 6.26. The van der Waals surface area contributed by atoms with E-state index < -0.39 is 0 Å². The molecule has 0 aliphatic carbocycles. The molecule has 136 valence electrons. The highest BCUT2D eigenvalue weighted by molar-refractivity contribution is 5.91. The maximum absolute atomic E-state index is 12.8. The van der Waals surface area contributed by atoms with Crippen molar-refractivity contribution < 1.29 is 14.1 Å². The third-order valence-electron chi connectivity index (χ3n) is 4.24. The molecule has 1 aliphatic rings. The molecule has 1 amide bonds. The zero-order valence-electron chi connectivity index (χ0n) is 14.6. The molecule has 4 heterocycles. The van der Waals surface area contributed by atoms with Gasteiger partial charge in [0.2, 0.25) is 11.6 Å². The summed E-state index contributed by atoms with van der Waals surface area (Å²) in [4.78, 5) is 18.6. The minimum absolute atomic E-state index is 0.190. The molecule has 0 aromatic carbocycles. The van der Waals surface area contributed by atoms with Gasteiger partial charge in [-0.2, -0.15) is 10.4 Å². The first kappa shape index (κ1) is 16.8. The molecule has 3 aromatic rings. The molecule has 0 saturated heterocycles. The SMILES string of the molecule is Cc1cc(C(=O)N2Cc3ccnn3C[C@H](Oc3ccc(C#N)cn3)C2)on1. The molecule has 0 bridgehead atoms. The van der Waals surface area contributed by atoms with E-state index in [0.29, 0.717) is 36.8 Å².